The standard InChI is InChI=1S/C19H25NO/c1-4-19(5-2,15-21)14-20(6-3)18-13-9-11-16-10-7-8-12-17(16)18/h7-13,15H,4-6,14H2,1-3H3. The summed E-state index contributed by atoms with van der Waals surface area (Å²) >= 11 is 0. The molecule has 0 aliphatic rings. The van der Waals surface area contributed by atoms with E-state index in [4.69, 9.17) is 0 Å². The van der Waals surface area contributed by atoms with Gasteiger partial charge in [0.1, 0.15) is 6.29 Å². The summed E-state index contributed by atoms with van der Waals surface area (Å²) in [6.45, 7) is 8.06. The van der Waals surface area contributed by atoms with E-state index in [-0.39, 0.29) is 5.41 Å². The summed E-state index contributed by atoms with van der Waals surface area (Å²) in [6, 6.07) is 14.8. The molecule has 2 rings (SSSR count). The second-order valence-electron chi connectivity index (χ2n) is 5.70. The Morgan fingerprint density at radius 3 is 2.29 bits per heavy atom. The minimum absolute atomic E-state index is 0.243. The largest absolute Gasteiger partial charge is 0.370 e. The van der Waals surface area contributed by atoms with Crippen molar-refractivity contribution in [1.82, 2.24) is 0 Å². The van der Waals surface area contributed by atoms with Gasteiger partial charge in [-0.15, -0.1) is 0 Å². The van der Waals surface area contributed by atoms with E-state index in [1.807, 2.05) is 0 Å². The molecule has 0 unspecified atom stereocenters. The first-order chi connectivity index (χ1) is 10.2. The summed E-state index contributed by atoms with van der Waals surface area (Å²) in [6.07, 6.45) is 2.92. The first-order valence-electron chi connectivity index (χ1n) is 7.88. The van der Waals surface area contributed by atoms with Crippen LogP contribution in [0.4, 0.5) is 5.69 Å². The van der Waals surface area contributed by atoms with Crippen LogP contribution in [0, 0.1) is 5.41 Å². The third-order valence-corrected chi connectivity index (χ3v) is 4.65. The van der Waals surface area contributed by atoms with Crippen LogP contribution in [0.2, 0.25) is 0 Å². The van der Waals surface area contributed by atoms with Crippen LogP contribution < -0.4 is 4.90 Å². The lowest BCUT2D eigenvalue weighted by atomic mass is 9.83. The van der Waals surface area contributed by atoms with Gasteiger partial charge in [-0.1, -0.05) is 50.2 Å². The van der Waals surface area contributed by atoms with Gasteiger partial charge >= 0.3 is 0 Å². The topological polar surface area (TPSA) is 20.3 Å². The summed E-state index contributed by atoms with van der Waals surface area (Å²) in [5.74, 6) is 0. The molecule has 0 fully saturated rings. The highest BCUT2D eigenvalue weighted by Gasteiger charge is 2.28. The number of benzene rings is 2. The van der Waals surface area contributed by atoms with E-state index < -0.39 is 0 Å². The maximum absolute atomic E-state index is 11.6. The highest BCUT2D eigenvalue weighted by Crippen LogP contribution is 2.31. The summed E-state index contributed by atoms with van der Waals surface area (Å²) in [4.78, 5) is 13.9. The predicted molar refractivity (Wildman–Crippen MR) is 90.9 cm³/mol. The number of carbonyl (C=O) groups excluding carboxylic acids is 1. The van der Waals surface area contributed by atoms with Crippen molar-refractivity contribution in [1.29, 1.82) is 0 Å². The van der Waals surface area contributed by atoms with Crippen molar-refractivity contribution in [2.24, 2.45) is 5.41 Å². The van der Waals surface area contributed by atoms with Gasteiger partial charge in [-0.05, 0) is 31.2 Å². The predicted octanol–water partition coefficient (Wildman–Crippen LogP) is 4.67. The van der Waals surface area contributed by atoms with Crippen molar-refractivity contribution in [2.75, 3.05) is 18.0 Å². The Hall–Kier alpha value is -1.83. The Kier molecular flexibility index (Phi) is 5.00. The van der Waals surface area contributed by atoms with Gasteiger partial charge in [0.05, 0.1) is 0 Å². The molecule has 0 saturated carbocycles. The van der Waals surface area contributed by atoms with E-state index in [0.717, 1.165) is 32.2 Å². The quantitative estimate of drug-likeness (QED) is 0.688. The molecule has 0 atom stereocenters. The van der Waals surface area contributed by atoms with Gasteiger partial charge in [0.15, 0.2) is 0 Å². The Morgan fingerprint density at radius 1 is 1.00 bits per heavy atom. The second-order valence-corrected chi connectivity index (χ2v) is 5.70. The SMILES string of the molecule is CCN(CC(C=O)(CC)CC)c1cccc2ccccc12. The molecule has 0 N–H and O–H groups in total. The molecule has 0 amide bonds. The molecular weight excluding hydrogens is 258 g/mol. The fraction of sp³-hybridized carbons (Fsp3) is 0.421. The number of rotatable bonds is 7. The molecule has 2 heteroatoms. The molecule has 0 aliphatic heterocycles. The molecule has 0 bridgehead atoms. The number of anilines is 1. The van der Waals surface area contributed by atoms with Crippen LogP contribution in [0.15, 0.2) is 42.5 Å². The first-order valence-corrected chi connectivity index (χ1v) is 7.88. The van der Waals surface area contributed by atoms with Crippen LogP contribution >= 0.6 is 0 Å². The number of hydrogen-bond donors (Lipinski definition) is 0. The Balaban J connectivity index is 2.42. The zero-order valence-corrected chi connectivity index (χ0v) is 13.3. The van der Waals surface area contributed by atoms with Crippen LogP contribution in [0.1, 0.15) is 33.6 Å². The van der Waals surface area contributed by atoms with Crippen LogP contribution in [-0.2, 0) is 4.79 Å². The van der Waals surface area contributed by atoms with E-state index in [0.29, 0.717) is 0 Å². The summed E-state index contributed by atoms with van der Waals surface area (Å²) in [7, 11) is 0. The molecular formula is C19H25NO. The lowest BCUT2D eigenvalue weighted by Crippen LogP contribution is -2.38. The van der Waals surface area contributed by atoms with Crippen molar-refractivity contribution < 1.29 is 4.79 Å². The van der Waals surface area contributed by atoms with E-state index in [1.165, 1.54) is 16.5 Å². The average Bonchev–Trinajstić information content (AvgIpc) is 2.56. The maximum atomic E-state index is 11.6. The Labute approximate surface area is 127 Å². The molecule has 21 heavy (non-hydrogen) atoms. The van der Waals surface area contributed by atoms with Gasteiger partial charge in [0, 0.05) is 29.6 Å². The summed E-state index contributed by atoms with van der Waals surface area (Å²) in [5, 5.41) is 2.51. The van der Waals surface area contributed by atoms with Gasteiger partial charge in [-0.2, -0.15) is 0 Å². The molecule has 0 aromatic heterocycles. The van der Waals surface area contributed by atoms with Crippen LogP contribution in [-0.4, -0.2) is 19.4 Å². The van der Waals surface area contributed by atoms with Crippen molar-refractivity contribution in [3.63, 3.8) is 0 Å². The summed E-state index contributed by atoms with van der Waals surface area (Å²) < 4.78 is 0. The molecule has 112 valence electrons. The fourth-order valence-corrected chi connectivity index (χ4v) is 2.91. The maximum Gasteiger partial charge on any atom is 0.127 e. The zero-order chi connectivity index (χ0) is 15.3. The van der Waals surface area contributed by atoms with Gasteiger partial charge in [-0.25, -0.2) is 0 Å². The molecule has 2 aromatic rings. The van der Waals surface area contributed by atoms with Gasteiger partial charge in [0.25, 0.3) is 0 Å². The molecule has 2 aromatic carbocycles. The van der Waals surface area contributed by atoms with E-state index >= 15 is 0 Å². The molecule has 0 saturated heterocycles. The Morgan fingerprint density at radius 2 is 1.67 bits per heavy atom. The van der Waals surface area contributed by atoms with Gasteiger partial charge in [0.2, 0.25) is 0 Å². The van der Waals surface area contributed by atoms with Gasteiger partial charge in [-0.3, -0.25) is 0 Å². The third kappa shape index (κ3) is 3.10. The minimum Gasteiger partial charge on any atom is -0.370 e. The van der Waals surface area contributed by atoms with Crippen LogP contribution in [0.25, 0.3) is 10.8 Å². The number of fused-ring (bicyclic) bond motifs is 1. The minimum atomic E-state index is -0.243. The Bertz CT molecular complexity index is 596. The van der Waals surface area contributed by atoms with Gasteiger partial charge < -0.3 is 9.69 Å². The molecule has 0 heterocycles. The highest BCUT2D eigenvalue weighted by atomic mass is 16.1. The number of hydrogen-bond acceptors (Lipinski definition) is 2. The molecule has 0 aliphatic carbocycles. The van der Waals surface area contributed by atoms with Crippen molar-refractivity contribution in [3.8, 4) is 0 Å². The van der Waals surface area contributed by atoms with E-state index in [2.05, 4.69) is 68.1 Å². The van der Waals surface area contributed by atoms with Crippen molar-refractivity contribution >= 4 is 22.7 Å². The fourth-order valence-electron chi connectivity index (χ4n) is 2.91. The number of carbonyl (C=O) groups is 1. The molecule has 2 nitrogen and oxygen atoms in total. The van der Waals surface area contributed by atoms with Crippen LogP contribution in [0.3, 0.4) is 0 Å². The number of aldehydes is 1. The lowest BCUT2D eigenvalue weighted by Gasteiger charge is -2.34. The smallest absolute Gasteiger partial charge is 0.127 e. The zero-order valence-electron chi connectivity index (χ0n) is 13.3. The molecule has 0 spiro atoms. The average molecular weight is 283 g/mol. The number of nitrogens with zero attached hydrogens (tertiary/aromatic N) is 1. The normalized spacial score (nSPS) is 11.6. The van der Waals surface area contributed by atoms with Crippen LogP contribution in [0.5, 0.6) is 0 Å². The third-order valence-electron chi connectivity index (χ3n) is 4.65. The summed E-state index contributed by atoms with van der Waals surface area (Å²) in [5.41, 5.74) is 0.983. The second kappa shape index (κ2) is 6.75. The monoisotopic (exact) mass is 283 g/mol. The first kappa shape index (κ1) is 15.6. The molecule has 0 radical (unpaired) electrons. The lowest BCUT2D eigenvalue weighted by molar-refractivity contribution is -0.116. The van der Waals surface area contributed by atoms with Crippen molar-refractivity contribution in [2.45, 2.75) is 33.6 Å². The highest BCUT2D eigenvalue weighted by molar-refractivity contribution is 5.94. The van der Waals surface area contributed by atoms with E-state index in [9.17, 15) is 4.79 Å². The van der Waals surface area contributed by atoms with E-state index in [1.54, 1.807) is 0 Å². The van der Waals surface area contributed by atoms with Crippen molar-refractivity contribution in [3.05, 3.63) is 42.5 Å².